The molecule has 2 aromatic heterocycles. The number of allylic oxidation sites excluding steroid dienone is 4. The number of hydrogen-bond donors (Lipinski definition) is 0. The minimum Gasteiger partial charge on any atom is -0.305 e. The molecule has 106 valence electrons. The maximum absolute atomic E-state index is 9.44. The lowest BCUT2D eigenvalue weighted by Gasteiger charge is -2.22. The van der Waals surface area contributed by atoms with Crippen molar-refractivity contribution in [1.82, 2.24) is 9.38 Å². The van der Waals surface area contributed by atoms with Crippen LogP contribution in [0.25, 0.3) is 11.2 Å². The first-order chi connectivity index (χ1) is 10.0. The Kier molecular flexibility index (Phi) is 3.71. The molecule has 0 spiro atoms. The second-order valence-corrected chi connectivity index (χ2v) is 6.14. The van der Waals surface area contributed by atoms with E-state index >= 15 is 0 Å². The maximum atomic E-state index is 9.44. The van der Waals surface area contributed by atoms with Gasteiger partial charge in [0.15, 0.2) is 5.65 Å². The summed E-state index contributed by atoms with van der Waals surface area (Å²) in [6.45, 7) is 1.95. The van der Waals surface area contributed by atoms with Crippen molar-refractivity contribution < 1.29 is 0 Å². The van der Waals surface area contributed by atoms with E-state index < -0.39 is 0 Å². The highest BCUT2D eigenvalue weighted by molar-refractivity contribution is 6.36. The lowest BCUT2D eigenvalue weighted by molar-refractivity contribution is 0.732. The summed E-state index contributed by atoms with van der Waals surface area (Å²) in [6.07, 6.45) is 8.95. The Balaban J connectivity index is 2.31. The predicted octanol–water partition coefficient (Wildman–Crippen LogP) is 4.62. The Morgan fingerprint density at radius 2 is 2.14 bits per heavy atom. The fourth-order valence-electron chi connectivity index (χ4n) is 2.37. The lowest BCUT2D eigenvalue weighted by Crippen LogP contribution is -2.14. The topological polar surface area (TPSA) is 41.1 Å². The molecule has 3 nitrogen and oxygen atoms in total. The molecule has 0 saturated heterocycles. The summed E-state index contributed by atoms with van der Waals surface area (Å²) >= 11 is 18.9. The largest absolute Gasteiger partial charge is 0.305 e. The summed E-state index contributed by atoms with van der Waals surface area (Å²) in [5.41, 5.74) is 2.38. The van der Waals surface area contributed by atoms with Crippen LogP contribution in [0.5, 0.6) is 0 Å². The molecular formula is C15H10Cl3N3. The standard InChI is InChI=1S/C15H10Cl3N3/c1-8-12(16)3-2-9(13(8)17)11-7-21-5-4-20-15(21)14(18)10(11)6-19/h2-5,7-8,12H,1H3. The molecule has 2 atom stereocenters. The second kappa shape index (κ2) is 5.38. The van der Waals surface area contributed by atoms with Crippen molar-refractivity contribution in [3.8, 4) is 6.07 Å². The molecule has 0 aromatic carbocycles. The molecule has 1 aliphatic rings. The number of pyridine rings is 1. The Morgan fingerprint density at radius 1 is 1.38 bits per heavy atom. The zero-order chi connectivity index (χ0) is 15.1. The molecule has 0 fully saturated rings. The van der Waals surface area contributed by atoms with Gasteiger partial charge in [0.05, 0.1) is 10.9 Å². The third-order valence-corrected chi connectivity index (χ3v) is 5.03. The first-order valence-corrected chi connectivity index (χ1v) is 7.51. The molecule has 0 bridgehead atoms. The van der Waals surface area contributed by atoms with Gasteiger partial charge in [0.1, 0.15) is 11.1 Å². The van der Waals surface area contributed by atoms with Crippen LogP contribution in [-0.2, 0) is 0 Å². The molecule has 0 aliphatic heterocycles. The zero-order valence-corrected chi connectivity index (χ0v) is 13.3. The molecule has 0 saturated carbocycles. The fraction of sp³-hybridized carbons (Fsp3) is 0.200. The van der Waals surface area contributed by atoms with E-state index in [4.69, 9.17) is 34.8 Å². The number of hydrogen-bond acceptors (Lipinski definition) is 2. The number of nitrogens with zero attached hydrogens (tertiary/aromatic N) is 3. The van der Waals surface area contributed by atoms with Gasteiger partial charge in [-0.25, -0.2) is 4.98 Å². The summed E-state index contributed by atoms with van der Waals surface area (Å²) < 4.78 is 1.78. The molecule has 0 amide bonds. The van der Waals surface area contributed by atoms with Gasteiger partial charge in [-0.15, -0.1) is 11.6 Å². The molecule has 0 N–H and O–H groups in total. The smallest absolute Gasteiger partial charge is 0.156 e. The third-order valence-electron chi connectivity index (χ3n) is 3.61. The molecule has 2 heterocycles. The minimum atomic E-state index is -0.153. The SMILES string of the molecule is CC1C(Cl)=C(c2cn3ccnc3c(Cl)c2C#N)C=CC1Cl. The van der Waals surface area contributed by atoms with Crippen LogP contribution in [0, 0.1) is 17.2 Å². The normalized spacial score (nSPS) is 21.9. The van der Waals surface area contributed by atoms with Gasteiger partial charge in [-0.05, 0) is 5.57 Å². The fourth-order valence-corrected chi connectivity index (χ4v) is 3.23. The highest BCUT2D eigenvalue weighted by Gasteiger charge is 2.25. The maximum Gasteiger partial charge on any atom is 0.156 e. The number of alkyl halides is 1. The van der Waals surface area contributed by atoms with Crippen LogP contribution in [0.2, 0.25) is 5.02 Å². The second-order valence-electron chi connectivity index (χ2n) is 4.86. The van der Waals surface area contributed by atoms with Crippen molar-refractivity contribution >= 4 is 46.0 Å². The monoisotopic (exact) mass is 337 g/mol. The predicted molar refractivity (Wildman–Crippen MR) is 85.6 cm³/mol. The third kappa shape index (κ3) is 2.24. The van der Waals surface area contributed by atoms with E-state index in [2.05, 4.69) is 11.1 Å². The van der Waals surface area contributed by atoms with E-state index in [1.165, 1.54) is 0 Å². The molecule has 1 aliphatic carbocycles. The highest BCUT2D eigenvalue weighted by atomic mass is 35.5. The number of rotatable bonds is 1. The first kappa shape index (κ1) is 14.5. The number of nitriles is 1. The van der Waals surface area contributed by atoms with E-state index in [1.807, 2.05) is 25.3 Å². The van der Waals surface area contributed by atoms with Crippen molar-refractivity contribution in [3.05, 3.63) is 51.9 Å². The molecule has 6 heteroatoms. The highest BCUT2D eigenvalue weighted by Crippen LogP contribution is 2.39. The minimum absolute atomic E-state index is 0.0165. The number of fused-ring (bicyclic) bond motifs is 1. The number of halogens is 3. The summed E-state index contributed by atoms with van der Waals surface area (Å²) in [7, 11) is 0. The van der Waals surface area contributed by atoms with E-state index in [0.717, 1.165) is 5.57 Å². The van der Waals surface area contributed by atoms with Crippen LogP contribution in [-0.4, -0.2) is 14.8 Å². The molecule has 2 unspecified atom stereocenters. The van der Waals surface area contributed by atoms with E-state index in [9.17, 15) is 5.26 Å². The molecule has 0 radical (unpaired) electrons. The van der Waals surface area contributed by atoms with E-state index in [-0.39, 0.29) is 11.3 Å². The van der Waals surface area contributed by atoms with Gasteiger partial charge in [0.2, 0.25) is 0 Å². The van der Waals surface area contributed by atoms with Gasteiger partial charge < -0.3 is 4.40 Å². The zero-order valence-electron chi connectivity index (χ0n) is 11.0. The van der Waals surface area contributed by atoms with Gasteiger partial charge in [0.25, 0.3) is 0 Å². The van der Waals surface area contributed by atoms with Crippen molar-refractivity contribution in [2.45, 2.75) is 12.3 Å². The summed E-state index contributed by atoms with van der Waals surface area (Å²) in [5, 5.41) is 10.2. The molecular weight excluding hydrogens is 329 g/mol. The summed E-state index contributed by atoms with van der Waals surface area (Å²) in [5.74, 6) is -0.0165. The average molecular weight is 339 g/mol. The van der Waals surface area contributed by atoms with Gasteiger partial charge in [-0.2, -0.15) is 5.26 Å². The van der Waals surface area contributed by atoms with Gasteiger partial charge in [-0.1, -0.05) is 42.3 Å². The Labute approximate surface area is 137 Å². The number of aromatic nitrogens is 2. The van der Waals surface area contributed by atoms with Crippen LogP contribution in [0.3, 0.4) is 0 Å². The van der Waals surface area contributed by atoms with Crippen LogP contribution >= 0.6 is 34.8 Å². The van der Waals surface area contributed by atoms with E-state index in [1.54, 1.807) is 16.8 Å². The Hall–Kier alpha value is -1.47. The van der Waals surface area contributed by atoms with Crippen molar-refractivity contribution in [1.29, 1.82) is 5.26 Å². The van der Waals surface area contributed by atoms with Crippen LogP contribution in [0.4, 0.5) is 0 Å². The molecule has 21 heavy (non-hydrogen) atoms. The first-order valence-electron chi connectivity index (χ1n) is 6.32. The average Bonchev–Trinajstić information content (AvgIpc) is 2.94. The van der Waals surface area contributed by atoms with Crippen molar-refractivity contribution in [3.63, 3.8) is 0 Å². The van der Waals surface area contributed by atoms with Crippen molar-refractivity contribution in [2.75, 3.05) is 0 Å². The molecule has 3 rings (SSSR count). The summed E-state index contributed by atoms with van der Waals surface area (Å²) in [6, 6.07) is 2.14. The van der Waals surface area contributed by atoms with Gasteiger partial charge >= 0.3 is 0 Å². The van der Waals surface area contributed by atoms with Crippen molar-refractivity contribution in [2.24, 2.45) is 5.92 Å². The van der Waals surface area contributed by atoms with Gasteiger partial charge in [-0.3, -0.25) is 0 Å². The number of imidazole rings is 1. The molecule has 2 aromatic rings. The van der Waals surface area contributed by atoms with Crippen LogP contribution < -0.4 is 0 Å². The van der Waals surface area contributed by atoms with E-state index in [0.29, 0.717) is 26.8 Å². The lowest BCUT2D eigenvalue weighted by atomic mass is 9.91. The Morgan fingerprint density at radius 3 is 2.86 bits per heavy atom. The van der Waals surface area contributed by atoms with Crippen LogP contribution in [0.15, 0.2) is 35.8 Å². The Bertz CT molecular complexity index is 827. The quantitative estimate of drug-likeness (QED) is 0.712. The van der Waals surface area contributed by atoms with Gasteiger partial charge in [0, 0.05) is 35.1 Å². The summed E-state index contributed by atoms with van der Waals surface area (Å²) in [4.78, 5) is 4.15. The van der Waals surface area contributed by atoms with Crippen LogP contribution in [0.1, 0.15) is 18.1 Å².